The highest BCUT2D eigenvalue weighted by Gasteiger charge is 2.31. The summed E-state index contributed by atoms with van der Waals surface area (Å²) in [6.07, 6.45) is 6.18. The quantitative estimate of drug-likeness (QED) is 0.411. The molecule has 0 saturated carbocycles. The number of para-hydroxylation sites is 1. The summed E-state index contributed by atoms with van der Waals surface area (Å²) in [7, 11) is 0. The van der Waals surface area contributed by atoms with Gasteiger partial charge in [0.15, 0.2) is 0 Å². The smallest absolute Gasteiger partial charge is 0.254 e. The average molecular weight is 360 g/mol. The van der Waals surface area contributed by atoms with Crippen LogP contribution in [0.4, 0.5) is 5.69 Å². The molecule has 1 aromatic rings. The molecule has 0 saturated heterocycles. The van der Waals surface area contributed by atoms with Gasteiger partial charge in [-0.15, -0.1) is 0 Å². The van der Waals surface area contributed by atoms with Gasteiger partial charge >= 0.3 is 0 Å². The number of aliphatic hydroxyl groups excluding tert-OH is 3. The van der Waals surface area contributed by atoms with Gasteiger partial charge < -0.3 is 26.0 Å². The van der Waals surface area contributed by atoms with Gasteiger partial charge in [0.05, 0.1) is 31.1 Å². The molecule has 0 atom stereocenters. The summed E-state index contributed by atoms with van der Waals surface area (Å²) in [6, 6.07) is 6.91. The highest BCUT2D eigenvalue weighted by atomic mass is 16.3. The lowest BCUT2D eigenvalue weighted by Crippen LogP contribution is -2.57. The van der Waals surface area contributed by atoms with Crippen molar-refractivity contribution >= 4 is 11.6 Å². The molecule has 0 fully saturated rings. The zero-order valence-electron chi connectivity index (χ0n) is 15.3. The molecule has 0 aromatic heterocycles. The van der Waals surface area contributed by atoms with Crippen molar-refractivity contribution in [2.24, 2.45) is 0 Å². The Labute approximate surface area is 154 Å². The van der Waals surface area contributed by atoms with Gasteiger partial charge in [-0.2, -0.15) is 0 Å². The standard InChI is InChI=1S/C20H28N2O4/c1-4-6-10-17(15(3)5-2)21-18-11-8-7-9-16(18)19(26)22-20(12-23,13-24)14-25/h4,6-11,21,23-25H,1,5,12-14H2,2-3H3,(H,22,26)/b10-6-,17-15+. The molecular weight excluding hydrogens is 332 g/mol. The average Bonchev–Trinajstić information content (AvgIpc) is 2.68. The minimum Gasteiger partial charge on any atom is -0.394 e. The second-order valence-corrected chi connectivity index (χ2v) is 6.02. The first kappa shape index (κ1) is 21.6. The number of hydrogen-bond donors (Lipinski definition) is 5. The fourth-order valence-corrected chi connectivity index (χ4v) is 2.16. The number of amides is 1. The molecule has 142 valence electrons. The molecule has 0 heterocycles. The summed E-state index contributed by atoms with van der Waals surface area (Å²) in [4.78, 5) is 12.7. The Bertz CT molecular complexity index is 668. The molecule has 6 heteroatoms. The maximum Gasteiger partial charge on any atom is 0.254 e. The first-order valence-corrected chi connectivity index (χ1v) is 8.47. The summed E-state index contributed by atoms with van der Waals surface area (Å²) >= 11 is 0. The maximum absolute atomic E-state index is 12.7. The molecule has 1 aromatic carbocycles. The lowest BCUT2D eigenvalue weighted by Gasteiger charge is -2.29. The monoisotopic (exact) mass is 360 g/mol. The number of carbonyl (C=O) groups is 1. The number of rotatable bonds is 10. The third-order valence-corrected chi connectivity index (χ3v) is 4.12. The molecule has 0 bridgehead atoms. The van der Waals surface area contributed by atoms with E-state index in [0.717, 1.165) is 17.7 Å². The maximum atomic E-state index is 12.7. The van der Waals surface area contributed by atoms with E-state index in [-0.39, 0.29) is 0 Å². The van der Waals surface area contributed by atoms with Crippen LogP contribution in [0.5, 0.6) is 0 Å². The van der Waals surface area contributed by atoms with Crippen LogP contribution in [0, 0.1) is 0 Å². The van der Waals surface area contributed by atoms with E-state index in [9.17, 15) is 20.1 Å². The van der Waals surface area contributed by atoms with Crippen molar-refractivity contribution in [2.45, 2.75) is 25.8 Å². The predicted octanol–water partition coefficient (Wildman–Crippen LogP) is 1.97. The van der Waals surface area contributed by atoms with E-state index in [0.29, 0.717) is 11.3 Å². The molecule has 0 aliphatic heterocycles. The van der Waals surface area contributed by atoms with E-state index >= 15 is 0 Å². The Hall–Kier alpha value is -2.41. The van der Waals surface area contributed by atoms with Crippen LogP contribution in [0.15, 0.2) is 60.3 Å². The van der Waals surface area contributed by atoms with E-state index in [4.69, 9.17) is 0 Å². The van der Waals surface area contributed by atoms with Gasteiger partial charge in [0, 0.05) is 5.70 Å². The SMILES string of the molecule is C=C/C=C\C(Nc1ccccc1C(=O)NC(CO)(CO)CO)=C(\C)CC. The van der Waals surface area contributed by atoms with Crippen LogP contribution in [-0.4, -0.2) is 46.6 Å². The molecule has 1 amide bonds. The summed E-state index contributed by atoms with van der Waals surface area (Å²) in [5.74, 6) is -0.508. The molecule has 0 aliphatic carbocycles. The minimum atomic E-state index is -1.48. The first-order valence-electron chi connectivity index (χ1n) is 8.47. The third kappa shape index (κ3) is 5.56. The van der Waals surface area contributed by atoms with Gasteiger partial charge in [0.1, 0.15) is 5.54 Å². The Kier molecular flexibility index (Phi) is 8.78. The normalized spacial score (nSPS) is 12.7. The largest absolute Gasteiger partial charge is 0.394 e. The van der Waals surface area contributed by atoms with Crippen LogP contribution in [0.1, 0.15) is 30.6 Å². The molecule has 1 rings (SSSR count). The molecule has 5 N–H and O–H groups in total. The van der Waals surface area contributed by atoms with Gasteiger partial charge in [-0.3, -0.25) is 4.79 Å². The van der Waals surface area contributed by atoms with Gasteiger partial charge in [-0.1, -0.05) is 43.4 Å². The predicted molar refractivity (Wildman–Crippen MR) is 104 cm³/mol. The van der Waals surface area contributed by atoms with E-state index in [2.05, 4.69) is 17.2 Å². The van der Waals surface area contributed by atoms with Gasteiger partial charge in [0.25, 0.3) is 5.91 Å². The van der Waals surface area contributed by atoms with E-state index in [1.54, 1.807) is 36.4 Å². The topological polar surface area (TPSA) is 102 Å². The summed E-state index contributed by atoms with van der Waals surface area (Å²) in [5, 5.41) is 34.0. The molecule has 0 spiro atoms. The second-order valence-electron chi connectivity index (χ2n) is 6.02. The Morgan fingerprint density at radius 3 is 2.35 bits per heavy atom. The number of anilines is 1. The van der Waals surface area contributed by atoms with Crippen molar-refractivity contribution < 1.29 is 20.1 Å². The molecule has 6 nitrogen and oxygen atoms in total. The molecule has 0 unspecified atom stereocenters. The third-order valence-electron chi connectivity index (χ3n) is 4.12. The molecular formula is C20H28N2O4. The minimum absolute atomic E-state index is 0.334. The van der Waals surface area contributed by atoms with Crippen LogP contribution in [-0.2, 0) is 0 Å². The van der Waals surface area contributed by atoms with Crippen LogP contribution in [0.25, 0.3) is 0 Å². The lowest BCUT2D eigenvalue weighted by atomic mass is 10.0. The van der Waals surface area contributed by atoms with E-state index < -0.39 is 31.3 Å². The lowest BCUT2D eigenvalue weighted by molar-refractivity contribution is 0.0375. The van der Waals surface area contributed by atoms with Gasteiger partial charge in [-0.05, 0) is 31.6 Å². The van der Waals surface area contributed by atoms with E-state index in [1.165, 1.54) is 0 Å². The summed E-state index contributed by atoms with van der Waals surface area (Å²) in [5.41, 5.74) is 1.38. The van der Waals surface area contributed by atoms with Crippen LogP contribution in [0.3, 0.4) is 0 Å². The van der Waals surface area contributed by atoms with Gasteiger partial charge in [0.2, 0.25) is 0 Å². The number of allylic oxidation sites excluding steroid dienone is 4. The molecule has 0 radical (unpaired) electrons. The Balaban J connectivity index is 3.19. The number of nitrogens with one attached hydrogen (secondary N) is 2. The number of benzene rings is 1. The van der Waals surface area contributed by atoms with Crippen molar-refractivity contribution in [1.29, 1.82) is 0 Å². The van der Waals surface area contributed by atoms with Crippen LogP contribution in [0.2, 0.25) is 0 Å². The Morgan fingerprint density at radius 1 is 1.19 bits per heavy atom. The van der Waals surface area contributed by atoms with Crippen LogP contribution >= 0.6 is 0 Å². The van der Waals surface area contributed by atoms with Gasteiger partial charge in [-0.25, -0.2) is 0 Å². The number of aliphatic hydroxyl groups is 3. The van der Waals surface area contributed by atoms with Crippen molar-refractivity contribution in [3.05, 3.63) is 65.9 Å². The number of carbonyl (C=O) groups excluding carboxylic acids is 1. The van der Waals surface area contributed by atoms with Crippen molar-refractivity contribution in [3.8, 4) is 0 Å². The fraction of sp³-hybridized carbons (Fsp3) is 0.350. The Morgan fingerprint density at radius 2 is 1.81 bits per heavy atom. The summed E-state index contributed by atoms with van der Waals surface area (Å²) < 4.78 is 0. The van der Waals surface area contributed by atoms with Crippen LogP contribution < -0.4 is 10.6 Å². The first-order chi connectivity index (χ1) is 12.5. The van der Waals surface area contributed by atoms with Crippen molar-refractivity contribution in [1.82, 2.24) is 5.32 Å². The number of hydrogen-bond acceptors (Lipinski definition) is 5. The molecule has 26 heavy (non-hydrogen) atoms. The van der Waals surface area contributed by atoms with Crippen molar-refractivity contribution in [3.63, 3.8) is 0 Å². The van der Waals surface area contributed by atoms with E-state index in [1.807, 2.05) is 19.9 Å². The molecule has 0 aliphatic rings. The summed E-state index contributed by atoms with van der Waals surface area (Å²) in [6.45, 7) is 5.96. The van der Waals surface area contributed by atoms with Crippen molar-refractivity contribution in [2.75, 3.05) is 25.1 Å². The zero-order chi connectivity index (χ0) is 19.6. The highest BCUT2D eigenvalue weighted by molar-refractivity contribution is 6.00. The fourth-order valence-electron chi connectivity index (χ4n) is 2.16. The second kappa shape index (κ2) is 10.6. The highest BCUT2D eigenvalue weighted by Crippen LogP contribution is 2.21. The zero-order valence-corrected chi connectivity index (χ0v) is 15.3.